The molecule has 1 saturated heterocycles. The molecule has 0 unspecified atom stereocenters. The fraction of sp³-hybridized carbons (Fsp3) is 0.267. The van der Waals surface area contributed by atoms with E-state index in [1.807, 2.05) is 62.5 Å². The van der Waals surface area contributed by atoms with Gasteiger partial charge in [-0.05, 0) is 81.2 Å². The number of benzene rings is 1. The molecule has 9 nitrogen and oxygen atoms in total. The molecule has 9 heteroatoms. The molecule has 0 saturated carbocycles. The Morgan fingerprint density at radius 2 is 1.97 bits per heavy atom. The Bertz CT molecular complexity index is 1580. The smallest absolute Gasteiger partial charge is 0.256 e. The van der Waals surface area contributed by atoms with Crippen LogP contribution in [-0.4, -0.2) is 62.6 Å². The minimum Gasteiger partial charge on any atom is -0.358 e. The van der Waals surface area contributed by atoms with Crippen LogP contribution in [0.15, 0.2) is 55.0 Å². The molecular formula is C30H31N7O2. The molecule has 0 radical (unpaired) electrons. The Morgan fingerprint density at radius 1 is 1.13 bits per heavy atom. The number of fused-ring (bicyclic) bond motifs is 1. The lowest BCUT2D eigenvalue weighted by molar-refractivity contribution is -0.110. The minimum absolute atomic E-state index is 0.0893. The van der Waals surface area contributed by atoms with Gasteiger partial charge in [-0.15, -0.1) is 0 Å². The summed E-state index contributed by atoms with van der Waals surface area (Å²) in [4.78, 5) is 36.0. The first-order valence-corrected chi connectivity index (χ1v) is 13.3. The quantitative estimate of drug-likeness (QED) is 0.316. The van der Waals surface area contributed by atoms with E-state index in [1.54, 1.807) is 17.1 Å². The number of hydrogen-bond donors (Lipinski definition) is 3. The van der Waals surface area contributed by atoms with Crippen molar-refractivity contribution in [2.24, 2.45) is 0 Å². The van der Waals surface area contributed by atoms with E-state index in [0.29, 0.717) is 17.7 Å². The van der Waals surface area contributed by atoms with E-state index in [-0.39, 0.29) is 11.8 Å². The number of aromatic nitrogens is 4. The summed E-state index contributed by atoms with van der Waals surface area (Å²) in [5.74, 6) is 0.471. The van der Waals surface area contributed by atoms with Crippen LogP contribution in [0.2, 0.25) is 0 Å². The van der Waals surface area contributed by atoms with Crippen molar-refractivity contribution in [3.63, 3.8) is 0 Å². The van der Waals surface area contributed by atoms with E-state index in [1.165, 1.54) is 12.8 Å². The van der Waals surface area contributed by atoms with Crippen LogP contribution >= 0.6 is 0 Å². The Balaban J connectivity index is 1.25. The summed E-state index contributed by atoms with van der Waals surface area (Å²) in [6, 6.07) is 11.6. The van der Waals surface area contributed by atoms with Crippen LogP contribution in [-0.2, 0) is 4.79 Å². The number of pyridine rings is 1. The van der Waals surface area contributed by atoms with Gasteiger partial charge in [0.25, 0.3) is 11.8 Å². The molecule has 2 amide bonds. The number of rotatable bonds is 7. The Hall–Kier alpha value is -4.50. The molecule has 39 heavy (non-hydrogen) atoms. The lowest BCUT2D eigenvalue weighted by Crippen LogP contribution is -2.33. The average Bonchev–Trinajstić information content (AvgIpc) is 3.73. The Kier molecular flexibility index (Phi) is 6.58. The van der Waals surface area contributed by atoms with Crippen molar-refractivity contribution >= 4 is 29.2 Å². The van der Waals surface area contributed by atoms with Crippen LogP contribution in [0.1, 0.15) is 45.7 Å². The number of carbonyl (C=O) groups is 2. The Labute approximate surface area is 226 Å². The topological polar surface area (TPSA) is 108 Å². The first kappa shape index (κ1) is 24.8. The standard InChI is InChI=1S/C30H31N7O2/c1-19-26(34-20(2)28(19)30(39)32-11-14-36-12-5-6-13-36)16-24-23-15-21(8-9-25(23)35-29(24)38)22-17-33-37(18-22)27-7-3-4-10-31-27/h3-4,7-10,15-18,34H,5-6,11-14H2,1-2H3,(H,32,39)(H,35,38)/b24-16-. The van der Waals surface area contributed by atoms with Gasteiger partial charge in [0, 0.05) is 53.7 Å². The first-order chi connectivity index (χ1) is 19.0. The molecule has 198 valence electrons. The number of anilines is 1. The molecule has 1 fully saturated rings. The number of aryl methyl sites for hydroxylation is 1. The highest BCUT2D eigenvalue weighted by Gasteiger charge is 2.26. The normalized spacial score (nSPS) is 16.1. The van der Waals surface area contributed by atoms with Crippen molar-refractivity contribution in [2.45, 2.75) is 26.7 Å². The van der Waals surface area contributed by atoms with E-state index < -0.39 is 0 Å². The van der Waals surface area contributed by atoms with Crippen molar-refractivity contribution in [1.82, 2.24) is 30.0 Å². The van der Waals surface area contributed by atoms with Gasteiger partial charge in [0.1, 0.15) is 0 Å². The molecule has 5 heterocycles. The zero-order valence-electron chi connectivity index (χ0n) is 22.1. The summed E-state index contributed by atoms with van der Waals surface area (Å²) in [5, 5.41) is 10.5. The molecule has 3 N–H and O–H groups in total. The second kappa shape index (κ2) is 10.3. The number of aromatic amines is 1. The van der Waals surface area contributed by atoms with Gasteiger partial charge < -0.3 is 20.5 Å². The fourth-order valence-electron chi connectivity index (χ4n) is 5.42. The molecular weight excluding hydrogens is 490 g/mol. The SMILES string of the molecule is Cc1[nH]c(/C=C2\C(=O)Nc3ccc(-c4cnn(-c5ccccn5)c4)cc32)c(C)c1C(=O)NCCN1CCCC1. The largest absolute Gasteiger partial charge is 0.358 e. The zero-order valence-corrected chi connectivity index (χ0v) is 22.1. The third-order valence-corrected chi connectivity index (χ3v) is 7.51. The van der Waals surface area contributed by atoms with Crippen LogP contribution in [0.25, 0.3) is 28.6 Å². The van der Waals surface area contributed by atoms with Crippen LogP contribution in [0.5, 0.6) is 0 Å². The average molecular weight is 522 g/mol. The summed E-state index contributed by atoms with van der Waals surface area (Å²) in [6.07, 6.45) is 9.74. The maximum atomic E-state index is 13.0. The van der Waals surface area contributed by atoms with Crippen LogP contribution in [0.3, 0.4) is 0 Å². The summed E-state index contributed by atoms with van der Waals surface area (Å²) in [7, 11) is 0. The number of amides is 2. The molecule has 0 aliphatic carbocycles. The lowest BCUT2D eigenvalue weighted by atomic mass is 10.00. The second-order valence-corrected chi connectivity index (χ2v) is 10.1. The van der Waals surface area contributed by atoms with Gasteiger partial charge in [-0.1, -0.05) is 12.1 Å². The highest BCUT2D eigenvalue weighted by molar-refractivity contribution is 6.35. The molecule has 0 spiro atoms. The van der Waals surface area contributed by atoms with E-state index in [4.69, 9.17) is 0 Å². The van der Waals surface area contributed by atoms with Gasteiger partial charge >= 0.3 is 0 Å². The van der Waals surface area contributed by atoms with Crippen LogP contribution in [0, 0.1) is 13.8 Å². The zero-order chi connectivity index (χ0) is 26.9. The van der Waals surface area contributed by atoms with Gasteiger partial charge in [0.05, 0.1) is 17.3 Å². The van der Waals surface area contributed by atoms with Crippen LogP contribution in [0.4, 0.5) is 5.69 Å². The predicted molar refractivity (Wildman–Crippen MR) is 152 cm³/mol. The molecule has 0 atom stereocenters. The second-order valence-electron chi connectivity index (χ2n) is 10.1. The first-order valence-electron chi connectivity index (χ1n) is 13.3. The van der Waals surface area contributed by atoms with Crippen molar-refractivity contribution in [3.8, 4) is 16.9 Å². The number of carbonyl (C=O) groups excluding carboxylic acids is 2. The van der Waals surface area contributed by atoms with Gasteiger partial charge in [0.15, 0.2) is 5.82 Å². The number of likely N-dealkylation sites (tertiary alicyclic amines) is 1. The number of nitrogens with zero attached hydrogens (tertiary/aromatic N) is 4. The Morgan fingerprint density at radius 3 is 2.77 bits per heavy atom. The van der Waals surface area contributed by atoms with E-state index in [0.717, 1.165) is 64.8 Å². The summed E-state index contributed by atoms with van der Waals surface area (Å²) in [5.41, 5.74) is 6.98. The highest BCUT2D eigenvalue weighted by atomic mass is 16.2. The molecule has 2 aliphatic heterocycles. The summed E-state index contributed by atoms with van der Waals surface area (Å²) >= 11 is 0. The highest BCUT2D eigenvalue weighted by Crippen LogP contribution is 2.37. The fourth-order valence-corrected chi connectivity index (χ4v) is 5.42. The molecule has 2 aliphatic rings. The van der Waals surface area contributed by atoms with Crippen molar-refractivity contribution < 1.29 is 9.59 Å². The van der Waals surface area contributed by atoms with Crippen molar-refractivity contribution in [2.75, 3.05) is 31.5 Å². The van der Waals surface area contributed by atoms with E-state index in [2.05, 4.69) is 30.6 Å². The number of H-pyrrole nitrogens is 1. The number of hydrogen-bond acceptors (Lipinski definition) is 5. The number of nitrogens with one attached hydrogen (secondary N) is 3. The minimum atomic E-state index is -0.172. The third kappa shape index (κ3) is 4.88. The molecule has 1 aromatic carbocycles. The van der Waals surface area contributed by atoms with Crippen LogP contribution < -0.4 is 10.6 Å². The van der Waals surface area contributed by atoms with Gasteiger partial charge in [-0.25, -0.2) is 9.67 Å². The molecule has 4 aromatic rings. The van der Waals surface area contributed by atoms with Gasteiger partial charge in [0.2, 0.25) is 0 Å². The predicted octanol–water partition coefficient (Wildman–Crippen LogP) is 4.20. The molecule has 3 aromatic heterocycles. The monoisotopic (exact) mass is 521 g/mol. The molecule has 6 rings (SSSR count). The van der Waals surface area contributed by atoms with Gasteiger partial charge in [-0.3, -0.25) is 9.59 Å². The van der Waals surface area contributed by atoms with Crippen molar-refractivity contribution in [1.29, 1.82) is 0 Å². The van der Waals surface area contributed by atoms with E-state index in [9.17, 15) is 9.59 Å². The lowest BCUT2D eigenvalue weighted by Gasteiger charge is -2.14. The maximum Gasteiger partial charge on any atom is 0.256 e. The van der Waals surface area contributed by atoms with Crippen molar-refractivity contribution in [3.05, 3.63) is 83.1 Å². The summed E-state index contributed by atoms with van der Waals surface area (Å²) < 4.78 is 1.73. The molecule has 0 bridgehead atoms. The van der Waals surface area contributed by atoms with Gasteiger partial charge in [-0.2, -0.15) is 5.10 Å². The third-order valence-electron chi connectivity index (χ3n) is 7.51. The maximum absolute atomic E-state index is 13.0. The summed E-state index contributed by atoms with van der Waals surface area (Å²) in [6.45, 7) is 7.51. The van der Waals surface area contributed by atoms with E-state index >= 15 is 0 Å².